The number of carbonyl (C=O) groups excluding carboxylic acids is 4. The average molecular weight is 479 g/mol. The van der Waals surface area contributed by atoms with E-state index in [1.54, 1.807) is 18.2 Å². The van der Waals surface area contributed by atoms with E-state index in [4.69, 9.17) is 0 Å². The van der Waals surface area contributed by atoms with Gasteiger partial charge in [-0.2, -0.15) is 0 Å². The molecule has 0 radical (unpaired) electrons. The number of imide groups is 1. The predicted molar refractivity (Wildman–Crippen MR) is 120 cm³/mol. The van der Waals surface area contributed by atoms with Gasteiger partial charge < -0.3 is 15.3 Å². The normalized spacial score (nSPS) is 29.5. The maximum atomic E-state index is 13.1. The van der Waals surface area contributed by atoms with Crippen molar-refractivity contribution in [1.82, 2.24) is 30.5 Å². The number of aliphatic hydroxyl groups excluding tert-OH is 1. The lowest BCUT2D eigenvalue weighted by molar-refractivity contribution is -0.136. The third kappa shape index (κ3) is 3.53. The van der Waals surface area contributed by atoms with Gasteiger partial charge in [0.25, 0.3) is 11.8 Å². The minimum Gasteiger partial charge on any atom is -0.396 e. The first kappa shape index (κ1) is 21.9. The zero-order valence-electron chi connectivity index (χ0n) is 19.1. The SMILES string of the molecule is O=C1CCC(N2Cc3ccc(-n4cc(C(=O)N[C@H]5C[C@H]6CC[C@]5(CO)C6)nn4)cc3C2=O)C(=O)N1. The van der Waals surface area contributed by atoms with Gasteiger partial charge in [0.05, 0.1) is 18.5 Å². The molecule has 1 aromatic carbocycles. The Morgan fingerprint density at radius 1 is 1.26 bits per heavy atom. The van der Waals surface area contributed by atoms with Crippen LogP contribution in [0.2, 0.25) is 0 Å². The minimum absolute atomic E-state index is 0.0696. The first-order valence-corrected chi connectivity index (χ1v) is 12.0. The summed E-state index contributed by atoms with van der Waals surface area (Å²) < 4.78 is 1.44. The molecule has 0 spiro atoms. The lowest BCUT2D eigenvalue weighted by atomic mass is 9.80. The summed E-state index contributed by atoms with van der Waals surface area (Å²) in [6.07, 6.45) is 5.86. The predicted octanol–water partition coefficient (Wildman–Crippen LogP) is 0.309. The van der Waals surface area contributed by atoms with Gasteiger partial charge in [0.2, 0.25) is 11.8 Å². The van der Waals surface area contributed by atoms with Crippen molar-refractivity contribution in [3.8, 4) is 5.69 Å². The van der Waals surface area contributed by atoms with Crippen molar-refractivity contribution in [3.63, 3.8) is 0 Å². The van der Waals surface area contributed by atoms with Crippen LogP contribution >= 0.6 is 0 Å². The van der Waals surface area contributed by atoms with E-state index in [0.29, 0.717) is 30.1 Å². The Morgan fingerprint density at radius 2 is 2.11 bits per heavy atom. The maximum Gasteiger partial charge on any atom is 0.273 e. The lowest BCUT2D eigenvalue weighted by Gasteiger charge is -2.33. The van der Waals surface area contributed by atoms with Crippen LogP contribution in [0.25, 0.3) is 5.69 Å². The van der Waals surface area contributed by atoms with Crippen molar-refractivity contribution in [3.05, 3.63) is 41.2 Å². The second-order valence-corrected chi connectivity index (χ2v) is 10.2. The number of fused-ring (bicyclic) bond motifs is 3. The van der Waals surface area contributed by atoms with E-state index < -0.39 is 11.9 Å². The van der Waals surface area contributed by atoms with Gasteiger partial charge in [-0.15, -0.1) is 5.10 Å². The molecule has 1 saturated heterocycles. The van der Waals surface area contributed by atoms with Crippen LogP contribution in [0.15, 0.2) is 24.4 Å². The molecule has 35 heavy (non-hydrogen) atoms. The van der Waals surface area contributed by atoms with E-state index >= 15 is 0 Å². The largest absolute Gasteiger partial charge is 0.396 e. The molecule has 11 heteroatoms. The molecule has 4 amide bonds. The van der Waals surface area contributed by atoms with Crippen molar-refractivity contribution in [1.29, 1.82) is 0 Å². The van der Waals surface area contributed by atoms with Crippen molar-refractivity contribution in [2.75, 3.05) is 6.61 Å². The molecule has 182 valence electrons. The van der Waals surface area contributed by atoms with E-state index in [-0.39, 0.29) is 47.9 Å². The summed E-state index contributed by atoms with van der Waals surface area (Å²) in [5, 5.41) is 23.4. The fourth-order valence-corrected chi connectivity index (χ4v) is 6.25. The molecule has 4 aliphatic rings. The van der Waals surface area contributed by atoms with Crippen molar-refractivity contribution in [2.45, 2.75) is 57.2 Å². The van der Waals surface area contributed by atoms with Crippen LogP contribution in [0.1, 0.15) is 64.9 Å². The molecule has 2 aliphatic heterocycles. The van der Waals surface area contributed by atoms with E-state index in [9.17, 15) is 24.3 Å². The van der Waals surface area contributed by atoms with Gasteiger partial charge in [0.1, 0.15) is 6.04 Å². The quantitative estimate of drug-likeness (QED) is 0.524. The van der Waals surface area contributed by atoms with Crippen LogP contribution in [-0.4, -0.2) is 67.3 Å². The van der Waals surface area contributed by atoms with Crippen LogP contribution < -0.4 is 10.6 Å². The molecule has 2 aromatic rings. The molecule has 3 heterocycles. The van der Waals surface area contributed by atoms with Gasteiger partial charge in [0.15, 0.2) is 5.69 Å². The molecule has 2 saturated carbocycles. The van der Waals surface area contributed by atoms with E-state index in [2.05, 4.69) is 20.9 Å². The molecule has 11 nitrogen and oxygen atoms in total. The zero-order valence-corrected chi connectivity index (χ0v) is 19.1. The number of nitrogens with zero attached hydrogens (tertiary/aromatic N) is 4. The molecule has 1 unspecified atom stereocenters. The summed E-state index contributed by atoms with van der Waals surface area (Å²) in [6, 6.07) is 4.52. The van der Waals surface area contributed by atoms with Crippen LogP contribution in [0.4, 0.5) is 0 Å². The number of amides is 4. The summed E-state index contributed by atoms with van der Waals surface area (Å²) >= 11 is 0. The Labute approximate surface area is 200 Å². The van der Waals surface area contributed by atoms with Crippen LogP contribution in [0, 0.1) is 11.3 Å². The minimum atomic E-state index is -0.675. The van der Waals surface area contributed by atoms with E-state index in [1.807, 2.05) is 0 Å². The first-order chi connectivity index (χ1) is 16.9. The number of piperidine rings is 1. The molecular formula is C24H26N6O5. The summed E-state index contributed by atoms with van der Waals surface area (Å²) in [5.74, 6) is -0.835. The number of aromatic nitrogens is 3. The topological polar surface area (TPSA) is 147 Å². The maximum absolute atomic E-state index is 13.1. The first-order valence-electron chi connectivity index (χ1n) is 12.0. The van der Waals surface area contributed by atoms with Crippen molar-refractivity contribution in [2.24, 2.45) is 11.3 Å². The molecular weight excluding hydrogens is 452 g/mol. The van der Waals surface area contributed by atoms with Gasteiger partial charge in [-0.05, 0) is 55.7 Å². The highest BCUT2D eigenvalue weighted by Crippen LogP contribution is 2.53. The number of nitrogens with one attached hydrogen (secondary N) is 2. The Bertz CT molecular complexity index is 1260. The molecule has 2 bridgehead atoms. The molecule has 4 atom stereocenters. The molecule has 3 N–H and O–H groups in total. The fourth-order valence-electron chi connectivity index (χ4n) is 6.25. The number of hydrogen-bond acceptors (Lipinski definition) is 7. The van der Waals surface area contributed by atoms with Crippen molar-refractivity contribution >= 4 is 23.6 Å². The third-order valence-electron chi connectivity index (χ3n) is 8.18. The highest BCUT2D eigenvalue weighted by Gasteiger charge is 2.52. The van der Waals surface area contributed by atoms with E-state index in [0.717, 1.165) is 31.2 Å². The highest BCUT2D eigenvalue weighted by molar-refractivity contribution is 6.05. The monoisotopic (exact) mass is 478 g/mol. The number of aliphatic hydroxyl groups is 1. The van der Waals surface area contributed by atoms with Crippen LogP contribution in [0.5, 0.6) is 0 Å². The molecule has 2 aliphatic carbocycles. The van der Waals surface area contributed by atoms with Gasteiger partial charge in [0, 0.05) is 30.0 Å². The zero-order chi connectivity index (χ0) is 24.3. The van der Waals surface area contributed by atoms with Gasteiger partial charge >= 0.3 is 0 Å². The highest BCUT2D eigenvalue weighted by atomic mass is 16.3. The fraction of sp³-hybridized carbons (Fsp3) is 0.500. The van der Waals surface area contributed by atoms with Crippen LogP contribution in [-0.2, 0) is 16.1 Å². The molecule has 3 fully saturated rings. The third-order valence-corrected chi connectivity index (χ3v) is 8.18. The van der Waals surface area contributed by atoms with Gasteiger partial charge in [-0.1, -0.05) is 11.3 Å². The van der Waals surface area contributed by atoms with Gasteiger partial charge in [-0.3, -0.25) is 24.5 Å². The number of benzene rings is 1. The Morgan fingerprint density at radius 3 is 2.89 bits per heavy atom. The number of hydrogen-bond donors (Lipinski definition) is 3. The molecule has 6 rings (SSSR count). The Kier molecular flexibility index (Phi) is 4.99. The Balaban J connectivity index is 1.17. The average Bonchev–Trinajstić information content (AvgIpc) is 3.62. The summed E-state index contributed by atoms with van der Waals surface area (Å²) in [5.41, 5.74) is 1.75. The van der Waals surface area contributed by atoms with Crippen LogP contribution in [0.3, 0.4) is 0 Å². The standard InChI is InChI=1S/C24H26N6O5/c31-12-24-6-5-13(9-24)7-19(24)25-21(33)17-11-30(28-27-17)15-2-1-14-10-29(23(35)16(14)8-15)18-3-4-20(32)26-22(18)34/h1-2,8,11,13,18-19,31H,3-7,9-10,12H2,(H,25,33)(H,26,32,34)/t13-,18?,19+,24-/m1/s1. The summed E-state index contributed by atoms with van der Waals surface area (Å²) in [6.45, 7) is 0.362. The second kappa shape index (κ2) is 7.98. The number of rotatable bonds is 5. The van der Waals surface area contributed by atoms with Gasteiger partial charge in [-0.25, -0.2) is 4.68 Å². The lowest BCUT2D eigenvalue weighted by Crippen LogP contribution is -2.52. The molecule has 1 aromatic heterocycles. The second-order valence-electron chi connectivity index (χ2n) is 10.2. The Hall–Kier alpha value is -3.60. The number of carbonyl (C=O) groups is 4. The summed E-state index contributed by atoms with van der Waals surface area (Å²) in [7, 11) is 0. The van der Waals surface area contributed by atoms with E-state index in [1.165, 1.54) is 15.8 Å². The summed E-state index contributed by atoms with van der Waals surface area (Å²) in [4.78, 5) is 51.1. The smallest absolute Gasteiger partial charge is 0.273 e. The van der Waals surface area contributed by atoms with Crippen molar-refractivity contribution < 1.29 is 24.3 Å².